The Balaban J connectivity index is 0.00000225. The van der Waals surface area contributed by atoms with Crippen LogP contribution in [0.5, 0.6) is 0 Å². The normalized spacial score (nSPS) is 12.1. The molecule has 92 valence electrons. The lowest BCUT2D eigenvalue weighted by molar-refractivity contribution is -0.132. The summed E-state index contributed by atoms with van der Waals surface area (Å²) in [5, 5.41) is 2.01. The average Bonchev–Trinajstić information content (AvgIpc) is 2.67. The Morgan fingerprint density at radius 3 is 2.62 bits per heavy atom. The Bertz CT molecular complexity index is 314. The third-order valence-corrected chi connectivity index (χ3v) is 3.21. The molecule has 1 aromatic rings. The Kier molecular flexibility index (Phi) is 6.64. The van der Waals surface area contributed by atoms with E-state index in [2.05, 4.69) is 0 Å². The molecule has 16 heavy (non-hydrogen) atoms. The second-order valence-corrected chi connectivity index (χ2v) is 5.08. The molecule has 0 aliphatic carbocycles. The lowest BCUT2D eigenvalue weighted by atomic mass is 10.0. The molecule has 0 fully saturated rings. The molecule has 0 bridgehead atoms. The molecular formula is C11H19ClN2OS. The Morgan fingerprint density at radius 2 is 2.19 bits per heavy atom. The number of rotatable bonds is 4. The van der Waals surface area contributed by atoms with Gasteiger partial charge in [0.2, 0.25) is 5.91 Å². The number of hydrogen-bond donors (Lipinski definition) is 1. The van der Waals surface area contributed by atoms with Gasteiger partial charge in [-0.15, -0.1) is 23.7 Å². The molecule has 0 spiro atoms. The SMILES string of the molecule is CC(C)C(N)C(=O)N(C)Cc1cccs1.Cl. The fourth-order valence-corrected chi connectivity index (χ4v) is 2.01. The van der Waals surface area contributed by atoms with Crippen molar-refractivity contribution < 1.29 is 4.79 Å². The minimum atomic E-state index is -0.394. The molecule has 0 aliphatic heterocycles. The van der Waals surface area contributed by atoms with Crippen molar-refractivity contribution in [1.29, 1.82) is 0 Å². The first-order valence-corrected chi connectivity index (χ1v) is 5.93. The van der Waals surface area contributed by atoms with Crippen molar-refractivity contribution in [2.45, 2.75) is 26.4 Å². The zero-order valence-electron chi connectivity index (χ0n) is 9.84. The van der Waals surface area contributed by atoms with Crippen molar-refractivity contribution in [1.82, 2.24) is 4.90 Å². The van der Waals surface area contributed by atoms with E-state index in [1.54, 1.807) is 23.3 Å². The lowest BCUT2D eigenvalue weighted by Gasteiger charge is -2.22. The van der Waals surface area contributed by atoms with Crippen LogP contribution in [0.1, 0.15) is 18.7 Å². The van der Waals surface area contributed by atoms with Crippen molar-refractivity contribution in [3.8, 4) is 0 Å². The number of amides is 1. The molecule has 1 unspecified atom stereocenters. The van der Waals surface area contributed by atoms with Crippen molar-refractivity contribution in [3.05, 3.63) is 22.4 Å². The highest BCUT2D eigenvalue weighted by Gasteiger charge is 2.20. The van der Waals surface area contributed by atoms with Gasteiger partial charge in [0.25, 0.3) is 0 Å². The van der Waals surface area contributed by atoms with Crippen LogP contribution in [0.25, 0.3) is 0 Å². The van der Waals surface area contributed by atoms with Gasteiger partial charge in [-0.2, -0.15) is 0 Å². The predicted molar refractivity (Wildman–Crippen MR) is 70.9 cm³/mol. The van der Waals surface area contributed by atoms with Crippen LogP contribution in [0.4, 0.5) is 0 Å². The maximum Gasteiger partial charge on any atom is 0.239 e. The number of carbonyl (C=O) groups excluding carboxylic acids is 1. The average molecular weight is 263 g/mol. The van der Waals surface area contributed by atoms with E-state index >= 15 is 0 Å². The molecule has 0 aromatic carbocycles. The first kappa shape index (κ1) is 15.4. The quantitative estimate of drug-likeness (QED) is 0.904. The Morgan fingerprint density at radius 1 is 1.56 bits per heavy atom. The third kappa shape index (κ3) is 4.12. The molecule has 2 N–H and O–H groups in total. The van der Waals surface area contributed by atoms with Gasteiger partial charge in [0.05, 0.1) is 12.6 Å². The maximum atomic E-state index is 11.8. The second kappa shape index (κ2) is 6.89. The summed E-state index contributed by atoms with van der Waals surface area (Å²) in [6, 6.07) is 3.62. The van der Waals surface area contributed by atoms with Crippen molar-refractivity contribution in [2.24, 2.45) is 11.7 Å². The first-order chi connectivity index (χ1) is 7.02. The van der Waals surface area contributed by atoms with Crippen LogP contribution in [-0.4, -0.2) is 23.9 Å². The molecule has 0 radical (unpaired) electrons. The fourth-order valence-electron chi connectivity index (χ4n) is 1.25. The Hall–Kier alpha value is -0.580. The smallest absolute Gasteiger partial charge is 0.239 e. The highest BCUT2D eigenvalue weighted by Crippen LogP contribution is 2.12. The molecule has 0 aliphatic rings. The second-order valence-electron chi connectivity index (χ2n) is 4.04. The van der Waals surface area contributed by atoms with E-state index in [0.29, 0.717) is 6.54 Å². The standard InChI is InChI=1S/C11H18N2OS.ClH/c1-8(2)10(12)11(14)13(3)7-9-5-4-6-15-9;/h4-6,8,10H,7,12H2,1-3H3;1H. The number of thiophene rings is 1. The number of nitrogens with zero attached hydrogens (tertiary/aromatic N) is 1. The summed E-state index contributed by atoms with van der Waals surface area (Å²) >= 11 is 1.65. The van der Waals surface area contributed by atoms with E-state index in [4.69, 9.17) is 5.73 Å². The van der Waals surface area contributed by atoms with Gasteiger partial charge in [-0.05, 0) is 17.4 Å². The summed E-state index contributed by atoms with van der Waals surface area (Å²) in [4.78, 5) is 14.7. The third-order valence-electron chi connectivity index (χ3n) is 2.35. The topological polar surface area (TPSA) is 46.3 Å². The molecular weight excluding hydrogens is 244 g/mol. The van der Waals surface area contributed by atoms with Crippen molar-refractivity contribution >= 4 is 29.7 Å². The van der Waals surface area contributed by atoms with Gasteiger partial charge in [-0.25, -0.2) is 0 Å². The molecule has 0 saturated carbocycles. The van der Waals surface area contributed by atoms with E-state index in [9.17, 15) is 4.79 Å². The van der Waals surface area contributed by atoms with E-state index in [1.165, 1.54) is 4.88 Å². The van der Waals surface area contributed by atoms with Crippen LogP contribution >= 0.6 is 23.7 Å². The summed E-state index contributed by atoms with van der Waals surface area (Å²) in [7, 11) is 1.80. The van der Waals surface area contributed by atoms with Crippen LogP contribution in [-0.2, 0) is 11.3 Å². The van der Waals surface area contributed by atoms with E-state index in [-0.39, 0.29) is 24.2 Å². The van der Waals surface area contributed by atoms with Gasteiger partial charge in [-0.1, -0.05) is 19.9 Å². The van der Waals surface area contributed by atoms with Crippen LogP contribution in [0.15, 0.2) is 17.5 Å². The molecule has 1 atom stereocenters. The fraction of sp³-hybridized carbons (Fsp3) is 0.545. The van der Waals surface area contributed by atoms with Gasteiger partial charge < -0.3 is 10.6 Å². The van der Waals surface area contributed by atoms with Gasteiger partial charge in [0.15, 0.2) is 0 Å². The van der Waals surface area contributed by atoms with Crippen LogP contribution in [0.3, 0.4) is 0 Å². The number of likely N-dealkylation sites (N-methyl/N-ethyl adjacent to an activating group) is 1. The molecule has 1 amide bonds. The molecule has 1 aromatic heterocycles. The van der Waals surface area contributed by atoms with Gasteiger partial charge in [-0.3, -0.25) is 4.79 Å². The molecule has 1 heterocycles. The lowest BCUT2D eigenvalue weighted by Crippen LogP contribution is -2.44. The van der Waals surface area contributed by atoms with Crippen LogP contribution in [0, 0.1) is 5.92 Å². The van der Waals surface area contributed by atoms with Crippen molar-refractivity contribution in [3.63, 3.8) is 0 Å². The zero-order valence-corrected chi connectivity index (χ0v) is 11.5. The number of carbonyl (C=O) groups is 1. The molecule has 1 rings (SSSR count). The first-order valence-electron chi connectivity index (χ1n) is 5.05. The summed E-state index contributed by atoms with van der Waals surface area (Å²) in [6.07, 6.45) is 0. The highest BCUT2D eigenvalue weighted by atomic mass is 35.5. The monoisotopic (exact) mass is 262 g/mol. The molecule has 0 saturated heterocycles. The predicted octanol–water partition coefficient (Wildman–Crippen LogP) is 2.11. The minimum Gasteiger partial charge on any atom is -0.339 e. The summed E-state index contributed by atoms with van der Waals surface area (Å²) in [6.45, 7) is 4.57. The number of nitrogens with two attached hydrogens (primary N) is 1. The molecule has 3 nitrogen and oxygen atoms in total. The van der Waals surface area contributed by atoms with Crippen LogP contribution in [0.2, 0.25) is 0 Å². The largest absolute Gasteiger partial charge is 0.339 e. The number of hydrogen-bond acceptors (Lipinski definition) is 3. The highest BCUT2D eigenvalue weighted by molar-refractivity contribution is 7.09. The summed E-state index contributed by atoms with van der Waals surface area (Å²) < 4.78 is 0. The van der Waals surface area contributed by atoms with E-state index in [1.807, 2.05) is 31.4 Å². The maximum absolute atomic E-state index is 11.8. The van der Waals surface area contributed by atoms with E-state index in [0.717, 1.165) is 0 Å². The Labute approximate surface area is 107 Å². The van der Waals surface area contributed by atoms with Gasteiger partial charge in [0, 0.05) is 11.9 Å². The summed E-state index contributed by atoms with van der Waals surface area (Å²) in [5.41, 5.74) is 5.80. The van der Waals surface area contributed by atoms with E-state index < -0.39 is 6.04 Å². The van der Waals surface area contributed by atoms with Crippen LogP contribution < -0.4 is 5.73 Å². The van der Waals surface area contributed by atoms with Crippen molar-refractivity contribution in [2.75, 3.05) is 7.05 Å². The zero-order chi connectivity index (χ0) is 11.4. The van der Waals surface area contributed by atoms with Gasteiger partial charge in [0.1, 0.15) is 0 Å². The van der Waals surface area contributed by atoms with Gasteiger partial charge >= 0.3 is 0 Å². The molecule has 5 heteroatoms. The minimum absolute atomic E-state index is 0. The summed E-state index contributed by atoms with van der Waals surface area (Å²) in [5.74, 6) is 0.196. The number of halogens is 1.